The Morgan fingerprint density at radius 3 is 2.78 bits per heavy atom. The van der Waals surface area contributed by atoms with Gasteiger partial charge in [0.25, 0.3) is 0 Å². The fraction of sp³-hybridized carbons (Fsp3) is 0.708. The van der Waals surface area contributed by atoms with Crippen molar-refractivity contribution in [2.75, 3.05) is 0 Å². The Morgan fingerprint density at radius 1 is 1.22 bits per heavy atom. The molecule has 1 aliphatic carbocycles. The Hall–Kier alpha value is -1.38. The number of aryl methyl sites for hydroxylation is 1. The van der Waals surface area contributed by atoms with Gasteiger partial charge in [-0.15, -0.1) is 0 Å². The molecular weight excluding hydrogens is 436 g/mol. The van der Waals surface area contributed by atoms with Gasteiger partial charge in [-0.1, -0.05) is 31.5 Å². The molecule has 1 spiro atoms. The van der Waals surface area contributed by atoms with Crippen molar-refractivity contribution in [2.24, 2.45) is 23.7 Å². The number of rotatable bonds is 5. The van der Waals surface area contributed by atoms with Crippen LogP contribution in [0, 0.1) is 23.7 Å². The van der Waals surface area contributed by atoms with Crippen molar-refractivity contribution in [2.45, 2.75) is 83.3 Å². The number of halogens is 1. The predicted molar refractivity (Wildman–Crippen MR) is 115 cm³/mol. The standard InChI is InChI=1S/C24H31ClO7/c1-13-4-7-17-14(2)21(28-19-8-5-15(12-18(19)25)6-9-20(26)27)29-22-24(17)16(13)10-11-23(3,30-22)31-32-24/h5,8,12-14,16-17,21-22H,4,6-7,9-11H2,1-3H3,(H,26,27)/t13-,14-,16+,17+,21+,22-,23-,24-/m1/s1. The van der Waals surface area contributed by atoms with Crippen LogP contribution in [0.5, 0.6) is 5.75 Å². The number of ether oxygens (including phenoxy) is 3. The van der Waals surface area contributed by atoms with Crippen molar-refractivity contribution in [3.63, 3.8) is 0 Å². The van der Waals surface area contributed by atoms with Crippen LogP contribution in [0.4, 0.5) is 0 Å². The molecule has 6 rings (SSSR count). The summed E-state index contributed by atoms with van der Waals surface area (Å²) in [5, 5.41) is 9.34. The van der Waals surface area contributed by atoms with E-state index < -0.39 is 29.9 Å². The molecule has 32 heavy (non-hydrogen) atoms. The number of carbonyl (C=O) groups is 1. The van der Waals surface area contributed by atoms with Crippen LogP contribution >= 0.6 is 11.6 Å². The molecule has 4 heterocycles. The normalized spacial score (nSPS) is 42.8. The number of hydrogen-bond acceptors (Lipinski definition) is 6. The van der Waals surface area contributed by atoms with Crippen molar-refractivity contribution < 1.29 is 33.9 Å². The fourth-order valence-electron chi connectivity index (χ4n) is 6.18. The van der Waals surface area contributed by atoms with Crippen LogP contribution in [0.25, 0.3) is 0 Å². The van der Waals surface area contributed by atoms with E-state index >= 15 is 0 Å². The topological polar surface area (TPSA) is 83.5 Å². The highest BCUT2D eigenvalue weighted by Crippen LogP contribution is 2.60. The lowest BCUT2D eigenvalue weighted by Crippen LogP contribution is -2.70. The monoisotopic (exact) mass is 466 g/mol. The summed E-state index contributed by atoms with van der Waals surface area (Å²) < 4.78 is 19.1. The van der Waals surface area contributed by atoms with Crippen molar-refractivity contribution in [3.05, 3.63) is 28.8 Å². The van der Waals surface area contributed by atoms with Gasteiger partial charge < -0.3 is 19.3 Å². The van der Waals surface area contributed by atoms with E-state index in [0.717, 1.165) is 31.2 Å². The largest absolute Gasteiger partial charge is 0.481 e. The van der Waals surface area contributed by atoms with E-state index in [1.165, 1.54) is 0 Å². The highest BCUT2D eigenvalue weighted by Gasteiger charge is 2.69. The van der Waals surface area contributed by atoms with Gasteiger partial charge in [-0.05, 0) is 62.1 Å². The molecule has 7 nitrogen and oxygen atoms in total. The van der Waals surface area contributed by atoms with Gasteiger partial charge in [0.1, 0.15) is 5.75 Å². The van der Waals surface area contributed by atoms with E-state index in [-0.39, 0.29) is 18.3 Å². The van der Waals surface area contributed by atoms with E-state index in [1.54, 1.807) is 12.1 Å². The number of carboxylic acids is 1. The van der Waals surface area contributed by atoms with Gasteiger partial charge >= 0.3 is 5.97 Å². The van der Waals surface area contributed by atoms with Crippen LogP contribution in [-0.4, -0.2) is 35.0 Å². The number of aliphatic carboxylic acids is 1. The molecule has 1 aromatic carbocycles. The highest BCUT2D eigenvalue weighted by atomic mass is 35.5. The lowest BCUT2D eigenvalue weighted by atomic mass is 9.58. The number of fused-ring (bicyclic) bond motifs is 2. The zero-order valence-corrected chi connectivity index (χ0v) is 19.5. The molecule has 0 unspecified atom stereocenters. The van der Waals surface area contributed by atoms with Crippen LogP contribution in [0.3, 0.4) is 0 Å². The van der Waals surface area contributed by atoms with E-state index in [4.69, 9.17) is 40.7 Å². The molecule has 0 radical (unpaired) electrons. The van der Waals surface area contributed by atoms with Gasteiger partial charge in [0.15, 0.2) is 11.9 Å². The van der Waals surface area contributed by atoms with Gasteiger partial charge in [-0.3, -0.25) is 4.79 Å². The maximum absolute atomic E-state index is 10.8. The van der Waals surface area contributed by atoms with E-state index in [9.17, 15) is 4.79 Å². The van der Waals surface area contributed by atoms with Crippen LogP contribution in [0.2, 0.25) is 5.02 Å². The molecule has 1 N–H and O–H groups in total. The number of carboxylic acid groups (broad SMARTS) is 1. The minimum absolute atomic E-state index is 0.0404. The molecule has 8 atom stereocenters. The summed E-state index contributed by atoms with van der Waals surface area (Å²) in [5.74, 6) is -0.133. The van der Waals surface area contributed by atoms with Gasteiger partial charge in [-0.2, -0.15) is 0 Å². The maximum Gasteiger partial charge on any atom is 0.303 e. The van der Waals surface area contributed by atoms with Gasteiger partial charge in [0, 0.05) is 24.7 Å². The molecule has 8 heteroatoms. The first-order chi connectivity index (χ1) is 15.2. The lowest BCUT2D eigenvalue weighted by Gasteiger charge is -2.60. The Bertz CT molecular complexity index is 893. The molecule has 176 valence electrons. The summed E-state index contributed by atoms with van der Waals surface area (Å²) in [6, 6.07) is 5.39. The zero-order valence-electron chi connectivity index (χ0n) is 18.7. The second-order valence-electron chi connectivity index (χ2n) is 10.1. The average molecular weight is 467 g/mol. The van der Waals surface area contributed by atoms with Crippen molar-refractivity contribution in [1.29, 1.82) is 0 Å². The van der Waals surface area contributed by atoms with E-state index in [0.29, 0.717) is 29.0 Å². The number of benzene rings is 1. The van der Waals surface area contributed by atoms with Crippen molar-refractivity contribution >= 4 is 17.6 Å². The first kappa shape index (κ1) is 22.4. The highest BCUT2D eigenvalue weighted by molar-refractivity contribution is 6.32. The Kier molecular flexibility index (Phi) is 5.70. The first-order valence-electron chi connectivity index (χ1n) is 11.6. The molecule has 0 aromatic heterocycles. The summed E-state index contributed by atoms with van der Waals surface area (Å²) in [6.45, 7) is 6.32. The van der Waals surface area contributed by atoms with Gasteiger partial charge in [0.05, 0.1) is 5.02 Å². The molecule has 1 saturated carbocycles. The van der Waals surface area contributed by atoms with Crippen LogP contribution in [0.1, 0.15) is 58.4 Å². The SMILES string of the molecule is C[C@H]1[C@@H](Oc2ccc(CCC(=O)O)cc2Cl)O[C@@H]2O[C@@]3(C)CC[C@H]4[C@H](C)CC[C@@H]1[C@@]24OO3. The maximum atomic E-state index is 10.8. The Balaban J connectivity index is 1.39. The second kappa shape index (κ2) is 8.13. The van der Waals surface area contributed by atoms with Gasteiger partial charge in [-0.25, -0.2) is 9.78 Å². The Morgan fingerprint density at radius 2 is 2.03 bits per heavy atom. The lowest BCUT2D eigenvalue weighted by molar-refractivity contribution is -0.575. The third-order valence-electron chi connectivity index (χ3n) is 7.96. The minimum atomic E-state index is -0.836. The molecule has 1 aromatic rings. The number of hydrogen-bond donors (Lipinski definition) is 1. The summed E-state index contributed by atoms with van der Waals surface area (Å²) >= 11 is 6.48. The third-order valence-corrected chi connectivity index (χ3v) is 8.26. The summed E-state index contributed by atoms with van der Waals surface area (Å²) in [4.78, 5) is 22.9. The van der Waals surface area contributed by atoms with Gasteiger partial charge in [0.2, 0.25) is 12.1 Å². The second-order valence-corrected chi connectivity index (χ2v) is 10.5. The van der Waals surface area contributed by atoms with Crippen LogP contribution < -0.4 is 4.74 Å². The Labute approximate surface area is 193 Å². The first-order valence-corrected chi connectivity index (χ1v) is 12.0. The smallest absolute Gasteiger partial charge is 0.303 e. The molecule has 0 amide bonds. The van der Waals surface area contributed by atoms with Crippen LogP contribution in [-0.2, 0) is 30.5 Å². The van der Waals surface area contributed by atoms with E-state index in [2.05, 4.69) is 13.8 Å². The van der Waals surface area contributed by atoms with Crippen molar-refractivity contribution in [1.82, 2.24) is 0 Å². The zero-order chi connectivity index (χ0) is 22.7. The third kappa shape index (κ3) is 3.62. The fourth-order valence-corrected chi connectivity index (χ4v) is 6.43. The quantitative estimate of drug-likeness (QED) is 0.615. The molecule has 4 aliphatic heterocycles. The predicted octanol–water partition coefficient (Wildman–Crippen LogP) is 4.94. The molecule has 4 saturated heterocycles. The molecular formula is C24H31ClO7. The van der Waals surface area contributed by atoms with E-state index in [1.807, 2.05) is 13.0 Å². The molecule has 5 fully saturated rings. The summed E-state index contributed by atoms with van der Waals surface area (Å²) in [7, 11) is 0. The summed E-state index contributed by atoms with van der Waals surface area (Å²) in [5.41, 5.74) is 0.227. The molecule has 5 aliphatic rings. The average Bonchev–Trinajstić information content (AvgIpc) is 2.98. The van der Waals surface area contributed by atoms with Crippen LogP contribution in [0.15, 0.2) is 18.2 Å². The minimum Gasteiger partial charge on any atom is -0.481 e. The summed E-state index contributed by atoms with van der Waals surface area (Å²) in [6.07, 6.45) is 3.22. The molecule has 2 bridgehead atoms. The van der Waals surface area contributed by atoms with Crippen molar-refractivity contribution in [3.8, 4) is 5.75 Å².